The van der Waals surface area contributed by atoms with Gasteiger partial charge in [0.05, 0.1) is 24.2 Å². The minimum Gasteiger partial charge on any atom is -0.367 e. The fraction of sp³-hybridized carbons (Fsp3) is 0.360. The Morgan fingerprint density at radius 2 is 1.97 bits per heavy atom. The molecule has 1 N–H and O–H groups in total. The first kappa shape index (κ1) is 17.9. The number of ether oxygens (including phenoxy) is 1. The van der Waals surface area contributed by atoms with Crippen LogP contribution in [0.2, 0.25) is 0 Å². The van der Waals surface area contributed by atoms with Crippen LogP contribution in [0.5, 0.6) is 0 Å². The Labute approximate surface area is 176 Å². The van der Waals surface area contributed by atoms with E-state index in [1.54, 1.807) is 0 Å². The Morgan fingerprint density at radius 1 is 1.13 bits per heavy atom. The first-order valence-electron chi connectivity index (χ1n) is 10.9. The van der Waals surface area contributed by atoms with Crippen molar-refractivity contribution < 1.29 is 9.53 Å². The topological polar surface area (TPSA) is 54.5 Å². The molecule has 1 saturated carbocycles. The van der Waals surface area contributed by atoms with E-state index in [9.17, 15) is 4.79 Å². The summed E-state index contributed by atoms with van der Waals surface area (Å²) in [4.78, 5) is 20.2. The lowest BCUT2D eigenvalue weighted by molar-refractivity contribution is -0.0594. The van der Waals surface area contributed by atoms with Gasteiger partial charge in [0.1, 0.15) is 11.4 Å². The molecule has 1 unspecified atom stereocenters. The highest BCUT2D eigenvalue weighted by Crippen LogP contribution is 2.43. The molecule has 1 aromatic heterocycles. The first-order valence-corrected chi connectivity index (χ1v) is 10.9. The average molecular weight is 399 g/mol. The number of pyridine rings is 1. The minimum absolute atomic E-state index is 0.00605. The molecule has 30 heavy (non-hydrogen) atoms. The van der Waals surface area contributed by atoms with Crippen molar-refractivity contribution in [1.82, 2.24) is 10.3 Å². The number of para-hydroxylation sites is 1. The van der Waals surface area contributed by atoms with Crippen LogP contribution < -0.4 is 10.2 Å². The lowest BCUT2D eigenvalue weighted by Crippen LogP contribution is -2.49. The third-order valence-corrected chi connectivity index (χ3v) is 6.68. The molecule has 2 fully saturated rings. The lowest BCUT2D eigenvalue weighted by atomic mass is 9.93. The quantitative estimate of drug-likeness (QED) is 0.728. The Morgan fingerprint density at radius 3 is 2.87 bits per heavy atom. The van der Waals surface area contributed by atoms with Crippen LogP contribution in [0.3, 0.4) is 0 Å². The van der Waals surface area contributed by atoms with Gasteiger partial charge in [0, 0.05) is 18.0 Å². The van der Waals surface area contributed by atoms with Crippen LogP contribution in [-0.2, 0) is 16.8 Å². The molecule has 0 radical (unpaired) electrons. The van der Waals surface area contributed by atoms with Gasteiger partial charge in [0.2, 0.25) is 0 Å². The molecule has 1 amide bonds. The van der Waals surface area contributed by atoms with Crippen LogP contribution >= 0.6 is 0 Å². The zero-order valence-electron chi connectivity index (χ0n) is 16.9. The van der Waals surface area contributed by atoms with E-state index in [0.29, 0.717) is 12.6 Å². The summed E-state index contributed by atoms with van der Waals surface area (Å²) in [7, 11) is 0. The monoisotopic (exact) mass is 399 g/mol. The smallest absolute Gasteiger partial charge is 0.252 e. The van der Waals surface area contributed by atoms with Crippen LogP contribution in [0.15, 0.2) is 54.6 Å². The lowest BCUT2D eigenvalue weighted by Gasteiger charge is -2.42. The molecule has 1 spiro atoms. The maximum absolute atomic E-state index is 13.0. The van der Waals surface area contributed by atoms with E-state index in [4.69, 9.17) is 9.72 Å². The molecule has 152 valence electrons. The average Bonchev–Trinajstić information content (AvgIpc) is 3.55. The Kier molecular flexibility index (Phi) is 4.06. The highest BCUT2D eigenvalue weighted by molar-refractivity contribution is 6.07. The van der Waals surface area contributed by atoms with Gasteiger partial charge in [-0.15, -0.1) is 0 Å². The number of hydrogen-bond donors (Lipinski definition) is 1. The van der Waals surface area contributed by atoms with Gasteiger partial charge in [-0.25, -0.2) is 4.98 Å². The molecule has 3 aliphatic rings. The predicted molar refractivity (Wildman–Crippen MR) is 117 cm³/mol. The van der Waals surface area contributed by atoms with Crippen molar-refractivity contribution in [2.24, 2.45) is 0 Å². The molecule has 1 atom stereocenters. The summed E-state index contributed by atoms with van der Waals surface area (Å²) in [6, 6.07) is 18.9. The van der Waals surface area contributed by atoms with E-state index in [-0.39, 0.29) is 11.5 Å². The molecule has 3 aromatic rings. The zero-order valence-corrected chi connectivity index (χ0v) is 16.9. The number of aryl methyl sites for hydroxylation is 1. The number of fused-ring (bicyclic) bond motifs is 3. The molecule has 1 saturated heterocycles. The van der Waals surface area contributed by atoms with Gasteiger partial charge in [-0.2, -0.15) is 0 Å². The first-order chi connectivity index (χ1) is 14.7. The van der Waals surface area contributed by atoms with Gasteiger partial charge < -0.3 is 15.0 Å². The third kappa shape index (κ3) is 2.96. The highest BCUT2D eigenvalue weighted by atomic mass is 16.5. The van der Waals surface area contributed by atoms with E-state index in [2.05, 4.69) is 34.5 Å². The number of hydrogen-bond acceptors (Lipinski definition) is 4. The van der Waals surface area contributed by atoms with Gasteiger partial charge >= 0.3 is 0 Å². The number of carbonyl (C=O) groups is 1. The van der Waals surface area contributed by atoms with E-state index < -0.39 is 0 Å². The molecule has 6 rings (SSSR count). The van der Waals surface area contributed by atoms with Crippen LogP contribution in [0.1, 0.15) is 40.7 Å². The van der Waals surface area contributed by atoms with Crippen molar-refractivity contribution in [2.45, 2.75) is 37.3 Å². The van der Waals surface area contributed by atoms with Crippen LogP contribution in [0, 0.1) is 0 Å². The summed E-state index contributed by atoms with van der Waals surface area (Å²) in [5, 5.41) is 4.05. The second kappa shape index (κ2) is 6.81. The maximum Gasteiger partial charge on any atom is 0.252 e. The molecule has 5 nitrogen and oxygen atoms in total. The largest absolute Gasteiger partial charge is 0.367 e. The maximum atomic E-state index is 13.0. The number of carbonyl (C=O) groups excluding carboxylic acids is 1. The summed E-state index contributed by atoms with van der Waals surface area (Å²) in [5.41, 5.74) is 3.99. The normalized spacial score (nSPS) is 23.0. The molecular weight excluding hydrogens is 374 g/mol. The number of morpholine rings is 1. The number of benzene rings is 2. The van der Waals surface area contributed by atoms with Crippen molar-refractivity contribution in [3.63, 3.8) is 0 Å². The van der Waals surface area contributed by atoms with Gasteiger partial charge in [0.25, 0.3) is 5.91 Å². The van der Waals surface area contributed by atoms with Crippen molar-refractivity contribution in [3.8, 4) is 0 Å². The summed E-state index contributed by atoms with van der Waals surface area (Å²) >= 11 is 0. The summed E-state index contributed by atoms with van der Waals surface area (Å²) in [6.45, 7) is 2.20. The van der Waals surface area contributed by atoms with E-state index in [1.807, 2.05) is 30.3 Å². The number of anilines is 1. The van der Waals surface area contributed by atoms with Crippen LogP contribution in [-0.4, -0.2) is 36.6 Å². The fourth-order valence-electron chi connectivity index (χ4n) is 4.95. The highest BCUT2D eigenvalue weighted by Gasteiger charge is 2.43. The molecule has 0 bridgehead atoms. The molecule has 5 heteroatoms. The third-order valence-electron chi connectivity index (χ3n) is 6.68. The van der Waals surface area contributed by atoms with Crippen molar-refractivity contribution in [2.75, 3.05) is 24.6 Å². The van der Waals surface area contributed by atoms with Crippen molar-refractivity contribution >= 4 is 22.6 Å². The summed E-state index contributed by atoms with van der Waals surface area (Å²) in [5.74, 6) is 0.869. The van der Waals surface area contributed by atoms with Crippen LogP contribution in [0.4, 0.5) is 5.82 Å². The number of nitrogens with one attached hydrogen (secondary N) is 1. The summed E-state index contributed by atoms with van der Waals surface area (Å²) in [6.07, 6.45) is 4.19. The van der Waals surface area contributed by atoms with Gasteiger partial charge in [-0.1, -0.05) is 42.5 Å². The van der Waals surface area contributed by atoms with Gasteiger partial charge in [0.15, 0.2) is 0 Å². The summed E-state index contributed by atoms with van der Waals surface area (Å²) < 4.78 is 6.38. The zero-order chi connectivity index (χ0) is 20.1. The van der Waals surface area contributed by atoms with E-state index >= 15 is 0 Å². The van der Waals surface area contributed by atoms with E-state index in [1.165, 1.54) is 11.1 Å². The molecule has 2 aromatic carbocycles. The van der Waals surface area contributed by atoms with Crippen LogP contribution in [0.25, 0.3) is 10.9 Å². The Balaban J connectivity index is 1.39. The van der Waals surface area contributed by atoms with Gasteiger partial charge in [-0.05, 0) is 48.9 Å². The number of nitrogens with zero attached hydrogens (tertiary/aromatic N) is 2. The number of amides is 1. The van der Waals surface area contributed by atoms with E-state index in [0.717, 1.165) is 61.1 Å². The second-order valence-electron chi connectivity index (χ2n) is 8.71. The number of aromatic nitrogens is 1. The Bertz CT molecular complexity index is 1140. The standard InChI is InChI=1S/C25H25N3O2/c29-24(26-18-9-10-18)20-15-23(27-22-8-4-2-6-19(20)22)28-13-14-30-25(16-28)12-11-17-5-1-3-7-21(17)25/h1-8,15,18H,9-14,16H2,(H,26,29). The molecule has 2 aliphatic carbocycles. The SMILES string of the molecule is O=C(NC1CC1)c1cc(N2CCOC3(CCc4ccccc43)C2)nc2ccccc12. The van der Waals surface area contributed by atoms with Gasteiger partial charge in [-0.3, -0.25) is 4.79 Å². The minimum atomic E-state index is -0.279. The van der Waals surface area contributed by atoms with Crippen molar-refractivity contribution in [1.29, 1.82) is 0 Å². The predicted octanol–water partition coefficient (Wildman–Crippen LogP) is 3.81. The fourth-order valence-corrected chi connectivity index (χ4v) is 4.95. The molecule has 2 heterocycles. The van der Waals surface area contributed by atoms with Crippen molar-refractivity contribution in [3.05, 3.63) is 71.3 Å². The Hall–Kier alpha value is -2.92. The molecule has 1 aliphatic heterocycles. The second-order valence-corrected chi connectivity index (χ2v) is 8.71. The molecular formula is C25H25N3O2. The number of rotatable bonds is 3.